The van der Waals surface area contributed by atoms with E-state index in [1.807, 2.05) is 0 Å². The molecule has 0 spiro atoms. The van der Waals surface area contributed by atoms with Gasteiger partial charge in [-0.3, -0.25) is 4.99 Å². The fourth-order valence-electron chi connectivity index (χ4n) is 0.529. The second kappa shape index (κ2) is 2.59. The molecule has 0 saturated carbocycles. The molecule has 1 aliphatic heterocycles. The summed E-state index contributed by atoms with van der Waals surface area (Å²) in [5.74, 6) is 0. The van der Waals surface area contributed by atoms with E-state index in [2.05, 4.69) is 4.99 Å². The van der Waals surface area contributed by atoms with E-state index in [0.717, 1.165) is 0 Å². The van der Waals surface area contributed by atoms with Gasteiger partial charge in [0.1, 0.15) is 6.67 Å². The summed E-state index contributed by atoms with van der Waals surface area (Å²) in [5.41, 5.74) is 5.30. The van der Waals surface area contributed by atoms with Crippen molar-refractivity contribution in [3.05, 3.63) is 12.3 Å². The average molecular weight is 141 g/mol. The lowest BCUT2D eigenvalue weighted by molar-refractivity contribution is 0.576. The van der Waals surface area contributed by atoms with Crippen LogP contribution in [-0.4, -0.2) is 22.9 Å². The maximum absolute atomic E-state index is 5.30. The number of rotatable bonds is 0. The molecule has 0 atom stereocenters. The number of nitrogens with two attached hydrogens (primary N) is 1. The molecule has 0 radical (unpaired) electrons. The Kier molecular flexibility index (Phi) is 1.79. The lowest BCUT2D eigenvalue weighted by atomic mass is 10.5. The first-order valence-corrected chi connectivity index (χ1v) is 2.94. The molecule has 9 heavy (non-hydrogen) atoms. The molecule has 0 aromatic carbocycles. The van der Waals surface area contributed by atoms with Crippen molar-refractivity contribution < 1.29 is 0 Å². The topological polar surface area (TPSA) is 41.6 Å². The van der Waals surface area contributed by atoms with Crippen LogP contribution in [0.3, 0.4) is 0 Å². The van der Waals surface area contributed by atoms with E-state index in [9.17, 15) is 0 Å². The molecule has 0 saturated heterocycles. The van der Waals surface area contributed by atoms with Crippen LogP contribution in [0.15, 0.2) is 17.3 Å². The van der Waals surface area contributed by atoms with Gasteiger partial charge in [0, 0.05) is 12.4 Å². The zero-order valence-corrected chi connectivity index (χ0v) is 5.64. The van der Waals surface area contributed by atoms with Gasteiger partial charge in [0.15, 0.2) is 5.11 Å². The molecule has 2 N–H and O–H groups in total. The average Bonchev–Trinajstić information content (AvgIpc) is 1.90. The Morgan fingerprint density at radius 3 is 2.89 bits per heavy atom. The van der Waals surface area contributed by atoms with Crippen LogP contribution in [0, 0.1) is 0 Å². The highest BCUT2D eigenvalue weighted by Crippen LogP contribution is 1.93. The van der Waals surface area contributed by atoms with E-state index in [1.54, 1.807) is 23.4 Å². The first kappa shape index (κ1) is 6.22. The highest BCUT2D eigenvalue weighted by atomic mass is 32.1. The lowest BCUT2D eigenvalue weighted by Gasteiger charge is -2.16. The summed E-state index contributed by atoms with van der Waals surface area (Å²) in [6, 6.07) is 0. The molecule has 0 bridgehead atoms. The Bertz CT molecular complexity index is 173. The predicted octanol–water partition coefficient (Wildman–Crippen LogP) is 0.0876. The molecule has 0 aliphatic carbocycles. The zero-order chi connectivity index (χ0) is 6.69. The van der Waals surface area contributed by atoms with Gasteiger partial charge in [-0.15, -0.1) is 0 Å². The van der Waals surface area contributed by atoms with E-state index in [0.29, 0.717) is 11.8 Å². The van der Waals surface area contributed by atoms with E-state index < -0.39 is 0 Å². The van der Waals surface area contributed by atoms with Crippen molar-refractivity contribution in [1.29, 1.82) is 0 Å². The highest BCUT2D eigenvalue weighted by molar-refractivity contribution is 7.80. The first-order chi connectivity index (χ1) is 4.30. The van der Waals surface area contributed by atoms with Crippen molar-refractivity contribution in [3.63, 3.8) is 0 Å². The van der Waals surface area contributed by atoms with Crippen LogP contribution in [0.25, 0.3) is 0 Å². The third kappa shape index (κ3) is 1.50. The van der Waals surface area contributed by atoms with E-state index >= 15 is 0 Å². The van der Waals surface area contributed by atoms with Gasteiger partial charge < -0.3 is 10.6 Å². The minimum Gasteiger partial charge on any atom is -0.376 e. The Labute approximate surface area is 58.9 Å². The van der Waals surface area contributed by atoms with Crippen LogP contribution in [0.5, 0.6) is 0 Å². The zero-order valence-electron chi connectivity index (χ0n) is 4.82. The number of aliphatic imine (C=N–C) groups is 1. The fourth-order valence-corrected chi connectivity index (χ4v) is 0.647. The maximum atomic E-state index is 5.30. The summed E-state index contributed by atoms with van der Waals surface area (Å²) in [7, 11) is 0. The Balaban J connectivity index is 2.56. The van der Waals surface area contributed by atoms with Crippen LogP contribution in [0.2, 0.25) is 0 Å². The van der Waals surface area contributed by atoms with Crippen molar-refractivity contribution in [2.75, 3.05) is 6.67 Å². The molecule has 3 nitrogen and oxygen atoms in total. The third-order valence-corrected chi connectivity index (χ3v) is 1.21. The Morgan fingerprint density at radius 1 is 1.78 bits per heavy atom. The summed E-state index contributed by atoms with van der Waals surface area (Å²) in [6.07, 6.45) is 5.31. The number of thiocarbonyl (C=S) groups is 1. The van der Waals surface area contributed by atoms with Gasteiger partial charge in [-0.25, -0.2) is 0 Å². The van der Waals surface area contributed by atoms with Crippen molar-refractivity contribution in [2.45, 2.75) is 0 Å². The smallest absolute Gasteiger partial charge is 0.171 e. The van der Waals surface area contributed by atoms with Crippen molar-refractivity contribution in [1.82, 2.24) is 4.90 Å². The minimum absolute atomic E-state index is 0.364. The van der Waals surface area contributed by atoms with E-state index in [-0.39, 0.29) is 0 Å². The predicted molar refractivity (Wildman–Crippen MR) is 41.1 cm³/mol. The number of hydrogen-bond donors (Lipinski definition) is 1. The molecule has 0 aromatic rings. The van der Waals surface area contributed by atoms with Crippen molar-refractivity contribution in [3.8, 4) is 0 Å². The summed E-state index contributed by atoms with van der Waals surface area (Å²) < 4.78 is 0. The molecule has 1 rings (SSSR count). The minimum atomic E-state index is 0.364. The SMILES string of the molecule is NC(=S)N1C=CC=NC1. The van der Waals surface area contributed by atoms with Gasteiger partial charge in [-0.05, 0) is 18.3 Å². The summed E-state index contributed by atoms with van der Waals surface area (Å²) >= 11 is 4.69. The van der Waals surface area contributed by atoms with Gasteiger partial charge in [-0.2, -0.15) is 0 Å². The number of allylic oxidation sites excluding steroid dienone is 1. The van der Waals surface area contributed by atoms with Crippen LogP contribution in [0.1, 0.15) is 0 Å². The van der Waals surface area contributed by atoms with Crippen LogP contribution in [-0.2, 0) is 0 Å². The maximum Gasteiger partial charge on any atom is 0.171 e. The standard InChI is InChI=1S/C5H7N3S/c6-5(9)8-3-1-2-7-4-8/h1-3H,4H2,(H2,6,9). The molecule has 0 fully saturated rings. The molecular formula is C5H7N3S. The van der Waals surface area contributed by atoms with Gasteiger partial charge in [0.2, 0.25) is 0 Å². The van der Waals surface area contributed by atoms with Gasteiger partial charge in [0.25, 0.3) is 0 Å². The molecule has 48 valence electrons. The summed E-state index contributed by atoms with van der Waals surface area (Å²) in [5, 5.41) is 0.364. The molecule has 1 heterocycles. The first-order valence-electron chi connectivity index (χ1n) is 2.53. The monoisotopic (exact) mass is 141 g/mol. The Morgan fingerprint density at radius 2 is 2.56 bits per heavy atom. The normalized spacial score (nSPS) is 16.2. The van der Waals surface area contributed by atoms with Gasteiger partial charge in [0.05, 0.1) is 0 Å². The second-order valence-electron chi connectivity index (χ2n) is 1.62. The van der Waals surface area contributed by atoms with E-state index in [4.69, 9.17) is 18.0 Å². The van der Waals surface area contributed by atoms with E-state index in [1.165, 1.54) is 0 Å². The summed E-state index contributed by atoms with van der Waals surface area (Å²) in [4.78, 5) is 5.62. The quantitative estimate of drug-likeness (QED) is 0.486. The van der Waals surface area contributed by atoms with Gasteiger partial charge in [-0.1, -0.05) is 0 Å². The van der Waals surface area contributed by atoms with Crippen LogP contribution in [0.4, 0.5) is 0 Å². The fraction of sp³-hybridized carbons (Fsp3) is 0.200. The Hall–Kier alpha value is -0.900. The molecular weight excluding hydrogens is 134 g/mol. The summed E-state index contributed by atoms with van der Waals surface area (Å²) in [6.45, 7) is 0.547. The number of nitrogens with zero attached hydrogens (tertiary/aromatic N) is 2. The molecule has 0 unspecified atom stereocenters. The molecule has 0 amide bonds. The lowest BCUT2D eigenvalue weighted by Crippen LogP contribution is -2.32. The van der Waals surface area contributed by atoms with Crippen LogP contribution >= 0.6 is 12.2 Å². The van der Waals surface area contributed by atoms with Crippen molar-refractivity contribution >= 4 is 23.5 Å². The largest absolute Gasteiger partial charge is 0.376 e. The molecule has 1 aliphatic rings. The van der Waals surface area contributed by atoms with Gasteiger partial charge >= 0.3 is 0 Å². The highest BCUT2D eigenvalue weighted by Gasteiger charge is 2.00. The second-order valence-corrected chi connectivity index (χ2v) is 2.04. The molecule has 0 aromatic heterocycles. The number of hydrogen-bond acceptors (Lipinski definition) is 2. The third-order valence-electron chi connectivity index (χ3n) is 0.975. The molecule has 4 heteroatoms. The van der Waals surface area contributed by atoms with Crippen LogP contribution < -0.4 is 5.73 Å². The van der Waals surface area contributed by atoms with Crippen molar-refractivity contribution in [2.24, 2.45) is 10.7 Å².